The van der Waals surface area contributed by atoms with E-state index in [1.54, 1.807) is 0 Å². The van der Waals surface area contributed by atoms with Crippen molar-refractivity contribution in [1.29, 1.82) is 0 Å². The summed E-state index contributed by atoms with van der Waals surface area (Å²) in [7, 11) is 0. The van der Waals surface area contributed by atoms with Crippen LogP contribution < -0.4 is 9.47 Å². The number of hydrazone groups is 1. The van der Waals surface area contributed by atoms with Gasteiger partial charge in [0.15, 0.2) is 0 Å². The largest absolute Gasteiger partial charge is 0.491 e. The van der Waals surface area contributed by atoms with Gasteiger partial charge in [0.2, 0.25) is 6.23 Å². The number of rotatable bonds is 4. The van der Waals surface area contributed by atoms with Gasteiger partial charge in [0.05, 0.1) is 23.4 Å². The van der Waals surface area contributed by atoms with Crippen molar-refractivity contribution in [3.63, 3.8) is 0 Å². The van der Waals surface area contributed by atoms with E-state index < -0.39 is 0 Å². The fraction of sp³-hybridized carbons (Fsp3) is 0.269. The highest BCUT2D eigenvalue weighted by atomic mass is 16.5. The molecule has 5 rings (SSSR count). The van der Waals surface area contributed by atoms with Gasteiger partial charge >= 0.3 is 0 Å². The van der Waals surface area contributed by atoms with E-state index in [1.807, 2.05) is 38.1 Å². The summed E-state index contributed by atoms with van der Waals surface area (Å²) in [6, 6.07) is 25.1. The highest BCUT2D eigenvalue weighted by molar-refractivity contribution is 6.02. The molecule has 2 unspecified atom stereocenters. The molecule has 2 heterocycles. The first-order valence-corrected chi connectivity index (χ1v) is 10.5. The summed E-state index contributed by atoms with van der Waals surface area (Å²) in [5, 5.41) is 7.17. The summed E-state index contributed by atoms with van der Waals surface area (Å²) < 4.78 is 12.6. The second-order valence-electron chi connectivity index (χ2n) is 8.23. The standard InChI is InChI=1S/C26H26N2O2/c1-17(2)29-25-11-7-5-9-21(25)26-28-23(20-8-4-6-10-24(20)30-26)16-22(27-28)19-14-12-18(3)13-15-19/h4-15,17,23,26H,16H2,1-3H3. The van der Waals surface area contributed by atoms with Gasteiger partial charge in [-0.05, 0) is 44.5 Å². The number of aryl methyl sites for hydroxylation is 1. The van der Waals surface area contributed by atoms with Crippen molar-refractivity contribution in [2.75, 3.05) is 0 Å². The summed E-state index contributed by atoms with van der Waals surface area (Å²) in [5.74, 6) is 1.76. The van der Waals surface area contributed by atoms with Crippen LogP contribution in [0, 0.1) is 6.92 Å². The van der Waals surface area contributed by atoms with Crippen LogP contribution in [0.3, 0.4) is 0 Å². The van der Waals surface area contributed by atoms with Crippen molar-refractivity contribution >= 4 is 5.71 Å². The van der Waals surface area contributed by atoms with E-state index in [4.69, 9.17) is 14.6 Å². The van der Waals surface area contributed by atoms with E-state index in [0.29, 0.717) is 0 Å². The molecule has 152 valence electrons. The fourth-order valence-corrected chi connectivity index (χ4v) is 4.21. The molecule has 2 aliphatic rings. The molecular formula is C26H26N2O2. The van der Waals surface area contributed by atoms with Gasteiger partial charge in [-0.1, -0.05) is 60.2 Å². The van der Waals surface area contributed by atoms with Crippen molar-refractivity contribution in [3.05, 3.63) is 95.1 Å². The average molecular weight is 399 g/mol. The highest BCUT2D eigenvalue weighted by Gasteiger charge is 2.41. The molecule has 4 nitrogen and oxygen atoms in total. The first-order chi connectivity index (χ1) is 14.6. The predicted octanol–water partition coefficient (Wildman–Crippen LogP) is 6.02. The third kappa shape index (κ3) is 3.32. The molecule has 0 radical (unpaired) electrons. The zero-order valence-electron chi connectivity index (χ0n) is 17.6. The maximum absolute atomic E-state index is 6.50. The third-order valence-corrected chi connectivity index (χ3v) is 5.63. The molecule has 0 spiro atoms. The summed E-state index contributed by atoms with van der Waals surface area (Å²) in [5.41, 5.74) is 5.69. The molecule has 2 atom stereocenters. The lowest BCUT2D eigenvalue weighted by Gasteiger charge is -2.38. The molecular weight excluding hydrogens is 372 g/mol. The average Bonchev–Trinajstić information content (AvgIpc) is 3.19. The second kappa shape index (κ2) is 7.52. The highest BCUT2D eigenvalue weighted by Crippen LogP contribution is 2.48. The quantitative estimate of drug-likeness (QED) is 0.538. The molecule has 2 aliphatic heterocycles. The van der Waals surface area contributed by atoms with Crippen molar-refractivity contribution in [3.8, 4) is 11.5 Å². The van der Waals surface area contributed by atoms with Gasteiger partial charge in [0.1, 0.15) is 11.5 Å². The third-order valence-electron chi connectivity index (χ3n) is 5.63. The Morgan fingerprint density at radius 1 is 0.933 bits per heavy atom. The van der Waals surface area contributed by atoms with Gasteiger partial charge in [0.25, 0.3) is 0 Å². The molecule has 0 saturated carbocycles. The number of benzene rings is 3. The smallest absolute Gasteiger partial charge is 0.217 e. The van der Waals surface area contributed by atoms with Crippen LogP contribution in [0.25, 0.3) is 0 Å². The van der Waals surface area contributed by atoms with Crippen molar-refractivity contribution in [2.45, 2.75) is 45.6 Å². The fourth-order valence-electron chi connectivity index (χ4n) is 4.21. The molecule has 3 aromatic carbocycles. The molecule has 0 saturated heterocycles. The zero-order valence-corrected chi connectivity index (χ0v) is 17.6. The maximum atomic E-state index is 6.50. The van der Waals surface area contributed by atoms with E-state index in [0.717, 1.165) is 34.8 Å². The second-order valence-corrected chi connectivity index (χ2v) is 8.23. The number of ether oxygens (including phenoxy) is 2. The van der Waals surface area contributed by atoms with Crippen molar-refractivity contribution < 1.29 is 9.47 Å². The van der Waals surface area contributed by atoms with Crippen LogP contribution in [0.2, 0.25) is 0 Å². The van der Waals surface area contributed by atoms with Gasteiger partial charge in [-0.15, -0.1) is 0 Å². The van der Waals surface area contributed by atoms with Crippen LogP contribution in [0.4, 0.5) is 0 Å². The Morgan fingerprint density at radius 2 is 1.63 bits per heavy atom. The Labute approximate surface area is 177 Å². The van der Waals surface area contributed by atoms with E-state index >= 15 is 0 Å². The van der Waals surface area contributed by atoms with E-state index in [2.05, 4.69) is 60.5 Å². The molecule has 3 aromatic rings. The first kappa shape index (κ1) is 18.7. The number of nitrogens with zero attached hydrogens (tertiary/aromatic N) is 2. The van der Waals surface area contributed by atoms with Crippen LogP contribution in [-0.2, 0) is 0 Å². The Balaban J connectivity index is 1.59. The van der Waals surface area contributed by atoms with Crippen LogP contribution in [0.15, 0.2) is 77.9 Å². The molecule has 0 bridgehead atoms. The number of hydrogen-bond donors (Lipinski definition) is 0. The minimum absolute atomic E-state index is 0.0861. The summed E-state index contributed by atoms with van der Waals surface area (Å²) >= 11 is 0. The number of fused-ring (bicyclic) bond motifs is 3. The molecule has 30 heavy (non-hydrogen) atoms. The van der Waals surface area contributed by atoms with Crippen LogP contribution in [0.5, 0.6) is 11.5 Å². The minimum atomic E-state index is -0.331. The molecule has 4 heteroatoms. The topological polar surface area (TPSA) is 34.1 Å². The molecule has 0 N–H and O–H groups in total. The van der Waals surface area contributed by atoms with Crippen molar-refractivity contribution in [1.82, 2.24) is 5.01 Å². The van der Waals surface area contributed by atoms with Gasteiger partial charge < -0.3 is 9.47 Å². The Kier molecular flexibility index (Phi) is 4.70. The van der Waals surface area contributed by atoms with Crippen molar-refractivity contribution in [2.24, 2.45) is 5.10 Å². The summed E-state index contributed by atoms with van der Waals surface area (Å²) in [4.78, 5) is 0. The van der Waals surface area contributed by atoms with Gasteiger partial charge in [-0.25, -0.2) is 5.01 Å². The monoisotopic (exact) mass is 398 g/mol. The molecule has 0 aromatic heterocycles. The Bertz CT molecular complexity index is 1090. The number of hydrogen-bond acceptors (Lipinski definition) is 4. The lowest BCUT2D eigenvalue weighted by molar-refractivity contribution is -0.0210. The molecule has 0 amide bonds. The first-order valence-electron chi connectivity index (χ1n) is 10.5. The number of para-hydroxylation sites is 2. The Morgan fingerprint density at radius 3 is 2.40 bits per heavy atom. The lowest BCUT2D eigenvalue weighted by Crippen LogP contribution is -2.34. The van der Waals surface area contributed by atoms with Crippen LogP contribution in [-0.4, -0.2) is 16.8 Å². The normalized spacial score (nSPS) is 19.7. The van der Waals surface area contributed by atoms with E-state index in [-0.39, 0.29) is 18.4 Å². The lowest BCUT2D eigenvalue weighted by atomic mass is 9.95. The summed E-state index contributed by atoms with van der Waals surface area (Å²) in [6.45, 7) is 6.19. The minimum Gasteiger partial charge on any atom is -0.491 e. The van der Waals surface area contributed by atoms with E-state index in [9.17, 15) is 0 Å². The maximum Gasteiger partial charge on any atom is 0.217 e. The molecule has 0 fully saturated rings. The SMILES string of the molecule is Cc1ccc(C2=NN3C(C2)c2ccccc2OC3c2ccccc2OC(C)C)cc1. The summed E-state index contributed by atoms with van der Waals surface area (Å²) in [6.07, 6.45) is 0.610. The predicted molar refractivity (Wildman–Crippen MR) is 119 cm³/mol. The zero-order chi connectivity index (χ0) is 20.7. The van der Waals surface area contributed by atoms with Gasteiger partial charge in [0, 0.05) is 12.0 Å². The van der Waals surface area contributed by atoms with Gasteiger partial charge in [-0.2, -0.15) is 5.10 Å². The van der Waals surface area contributed by atoms with Crippen LogP contribution in [0.1, 0.15) is 54.8 Å². The van der Waals surface area contributed by atoms with Gasteiger partial charge in [-0.3, -0.25) is 0 Å². The van der Waals surface area contributed by atoms with Crippen LogP contribution >= 0.6 is 0 Å². The molecule has 0 aliphatic carbocycles. The van der Waals surface area contributed by atoms with E-state index in [1.165, 1.54) is 11.1 Å². The Hall–Kier alpha value is -3.27.